The predicted molar refractivity (Wildman–Crippen MR) is 68.8 cm³/mol. The second kappa shape index (κ2) is 7.54. The quantitative estimate of drug-likeness (QED) is 0.186. The fraction of sp³-hybridized carbons (Fsp3) is 0.700. The highest BCUT2D eigenvalue weighted by molar-refractivity contribution is 5.91. The number of carbonyl (C=O) groups excluding carboxylic acids is 2. The molecule has 0 bridgehead atoms. The number of hydrogen-bond donors (Lipinski definition) is 4. The second-order valence-electron chi connectivity index (χ2n) is 4.05. The molecule has 0 spiro atoms. The number of esters is 2. The molecule has 1 heterocycles. The molecule has 9 nitrogen and oxygen atoms in total. The van der Waals surface area contributed by atoms with Crippen LogP contribution in [0, 0.1) is 0 Å². The van der Waals surface area contributed by atoms with Crippen molar-refractivity contribution in [1.29, 1.82) is 0 Å². The van der Waals surface area contributed by atoms with E-state index in [9.17, 15) is 9.59 Å². The van der Waals surface area contributed by atoms with Gasteiger partial charge < -0.3 is 26.8 Å². The van der Waals surface area contributed by atoms with E-state index in [2.05, 4.69) is 20.5 Å². The van der Waals surface area contributed by atoms with Crippen LogP contribution in [0.5, 0.6) is 0 Å². The average Bonchev–Trinajstić information content (AvgIpc) is 2.39. The van der Waals surface area contributed by atoms with Crippen molar-refractivity contribution in [2.45, 2.75) is 13.0 Å². The highest BCUT2D eigenvalue weighted by Gasteiger charge is 2.18. The lowest BCUT2D eigenvalue weighted by atomic mass is 10.3. The zero-order chi connectivity index (χ0) is 14.3. The van der Waals surface area contributed by atoms with Crippen molar-refractivity contribution in [3.8, 4) is 0 Å². The van der Waals surface area contributed by atoms with Gasteiger partial charge in [-0.2, -0.15) is 0 Å². The second-order valence-corrected chi connectivity index (χ2v) is 4.05. The number of hydrazone groups is 1. The number of nitrogens with zero attached hydrogens (tertiary/aromatic N) is 2. The van der Waals surface area contributed by atoms with Crippen LogP contribution in [0.15, 0.2) is 5.10 Å². The first kappa shape index (κ1) is 15.2. The molecule has 0 aromatic rings. The molecule has 19 heavy (non-hydrogen) atoms. The Labute approximate surface area is 111 Å². The Balaban J connectivity index is 2.41. The molecule has 0 saturated carbocycles. The molecule has 1 aliphatic rings. The molecular formula is C10H20N6O3. The Morgan fingerprint density at radius 3 is 2.68 bits per heavy atom. The summed E-state index contributed by atoms with van der Waals surface area (Å²) < 4.78 is 4.45. The molecule has 0 aromatic carbocycles. The van der Waals surface area contributed by atoms with Gasteiger partial charge in [0.15, 0.2) is 0 Å². The minimum absolute atomic E-state index is 0.103. The Kier molecular flexibility index (Phi) is 6.03. The number of guanidine groups is 1. The lowest BCUT2D eigenvalue weighted by Crippen LogP contribution is -2.47. The maximum Gasteiger partial charge on any atom is 0.336 e. The van der Waals surface area contributed by atoms with E-state index in [0.29, 0.717) is 0 Å². The first-order valence-electron chi connectivity index (χ1n) is 6.03. The summed E-state index contributed by atoms with van der Waals surface area (Å²) in [5.74, 6) is -1.42. The van der Waals surface area contributed by atoms with Crippen LogP contribution in [-0.4, -0.2) is 61.7 Å². The van der Waals surface area contributed by atoms with E-state index in [-0.39, 0.29) is 12.5 Å². The smallest absolute Gasteiger partial charge is 0.336 e. The molecule has 1 rings (SSSR count). The van der Waals surface area contributed by atoms with Crippen molar-refractivity contribution in [2.24, 2.45) is 16.6 Å². The summed E-state index contributed by atoms with van der Waals surface area (Å²) in [7, 11) is 0. The zero-order valence-electron chi connectivity index (χ0n) is 10.9. The summed E-state index contributed by atoms with van der Waals surface area (Å²) in [6.45, 7) is 4.33. The minimum atomic E-state index is -0.781. The number of hydrogen-bond acceptors (Lipinski definition) is 7. The van der Waals surface area contributed by atoms with Gasteiger partial charge in [-0.25, -0.2) is 4.79 Å². The lowest BCUT2D eigenvalue weighted by Gasteiger charge is -2.25. The van der Waals surface area contributed by atoms with Gasteiger partial charge in [-0.1, -0.05) is 0 Å². The van der Waals surface area contributed by atoms with Crippen LogP contribution >= 0.6 is 0 Å². The van der Waals surface area contributed by atoms with Crippen LogP contribution in [0.3, 0.4) is 0 Å². The highest BCUT2D eigenvalue weighted by Crippen LogP contribution is 1.93. The monoisotopic (exact) mass is 272 g/mol. The lowest BCUT2D eigenvalue weighted by molar-refractivity contribution is -0.159. The molecule has 1 saturated heterocycles. The molecule has 1 aliphatic heterocycles. The van der Waals surface area contributed by atoms with Crippen molar-refractivity contribution < 1.29 is 14.3 Å². The number of rotatable bonds is 4. The van der Waals surface area contributed by atoms with Gasteiger partial charge in [-0.05, 0) is 6.92 Å². The van der Waals surface area contributed by atoms with E-state index in [4.69, 9.17) is 11.5 Å². The summed E-state index contributed by atoms with van der Waals surface area (Å²) in [5.41, 5.74) is 10.7. The highest BCUT2D eigenvalue weighted by atomic mass is 16.6. The molecule has 6 N–H and O–H groups in total. The van der Waals surface area contributed by atoms with E-state index in [1.54, 1.807) is 5.01 Å². The fourth-order valence-corrected chi connectivity index (χ4v) is 1.46. The standard InChI is InChI=1S/C10H20N6O3/c1-7(9(18)19-8(17)6-11)14-10(12)15-16-4-2-13-3-5-16/h7,13H,2-6,11H2,1H3,(H3,12,14,15). The molecule has 1 atom stereocenters. The zero-order valence-corrected chi connectivity index (χ0v) is 10.9. The van der Waals surface area contributed by atoms with Crippen LogP contribution in [0.4, 0.5) is 0 Å². The summed E-state index contributed by atoms with van der Waals surface area (Å²) in [6.07, 6.45) is 0. The topological polar surface area (TPSA) is 135 Å². The molecular weight excluding hydrogens is 252 g/mol. The van der Waals surface area contributed by atoms with E-state index in [1.165, 1.54) is 6.92 Å². The van der Waals surface area contributed by atoms with Gasteiger partial charge in [0, 0.05) is 26.2 Å². The van der Waals surface area contributed by atoms with E-state index in [1.807, 2.05) is 0 Å². The van der Waals surface area contributed by atoms with Crippen LogP contribution < -0.4 is 22.1 Å². The van der Waals surface area contributed by atoms with Gasteiger partial charge in [0.05, 0.1) is 6.54 Å². The van der Waals surface area contributed by atoms with Crippen molar-refractivity contribution >= 4 is 17.9 Å². The minimum Gasteiger partial charge on any atom is -0.391 e. The molecule has 0 amide bonds. The van der Waals surface area contributed by atoms with Crippen LogP contribution in [-0.2, 0) is 14.3 Å². The summed E-state index contributed by atoms with van der Waals surface area (Å²) in [4.78, 5) is 22.3. The number of carbonyl (C=O) groups is 2. The Morgan fingerprint density at radius 1 is 1.47 bits per heavy atom. The van der Waals surface area contributed by atoms with Gasteiger partial charge in [0.1, 0.15) is 6.04 Å². The van der Waals surface area contributed by atoms with Crippen molar-refractivity contribution in [3.05, 3.63) is 0 Å². The first-order valence-corrected chi connectivity index (χ1v) is 6.03. The van der Waals surface area contributed by atoms with Gasteiger partial charge >= 0.3 is 11.9 Å². The van der Waals surface area contributed by atoms with Crippen molar-refractivity contribution in [3.63, 3.8) is 0 Å². The third kappa shape index (κ3) is 5.53. The van der Waals surface area contributed by atoms with Crippen LogP contribution in [0.1, 0.15) is 6.92 Å². The molecule has 0 aliphatic carbocycles. The predicted octanol–water partition coefficient (Wildman–Crippen LogP) is -2.87. The van der Waals surface area contributed by atoms with E-state index < -0.39 is 18.0 Å². The van der Waals surface area contributed by atoms with Crippen molar-refractivity contribution in [1.82, 2.24) is 15.6 Å². The van der Waals surface area contributed by atoms with E-state index in [0.717, 1.165) is 26.2 Å². The summed E-state index contributed by atoms with van der Waals surface area (Å²) in [5, 5.41) is 11.7. The van der Waals surface area contributed by atoms with Gasteiger partial charge in [0.25, 0.3) is 0 Å². The first-order chi connectivity index (χ1) is 9.02. The Hall–Kier alpha value is -1.87. The molecule has 9 heteroatoms. The molecule has 108 valence electrons. The third-order valence-electron chi connectivity index (χ3n) is 2.44. The fourth-order valence-electron chi connectivity index (χ4n) is 1.46. The van der Waals surface area contributed by atoms with Gasteiger partial charge in [0.2, 0.25) is 5.96 Å². The molecule has 1 fully saturated rings. The largest absolute Gasteiger partial charge is 0.391 e. The normalized spacial score (nSPS) is 17.8. The number of nitrogens with one attached hydrogen (secondary N) is 2. The van der Waals surface area contributed by atoms with E-state index >= 15 is 0 Å². The Bertz CT molecular complexity index is 353. The average molecular weight is 272 g/mol. The molecule has 0 radical (unpaired) electrons. The SMILES string of the molecule is CC(NC(N)=NN1CCNCC1)C(=O)OC(=O)CN. The van der Waals surface area contributed by atoms with Gasteiger partial charge in [-0.3, -0.25) is 9.80 Å². The summed E-state index contributed by atoms with van der Waals surface area (Å²) >= 11 is 0. The Morgan fingerprint density at radius 2 is 2.11 bits per heavy atom. The number of ether oxygens (including phenoxy) is 1. The molecule has 1 unspecified atom stereocenters. The van der Waals surface area contributed by atoms with Crippen LogP contribution in [0.25, 0.3) is 0 Å². The molecule has 0 aromatic heterocycles. The van der Waals surface area contributed by atoms with Crippen LogP contribution in [0.2, 0.25) is 0 Å². The third-order valence-corrected chi connectivity index (χ3v) is 2.44. The maximum absolute atomic E-state index is 11.4. The summed E-state index contributed by atoms with van der Waals surface area (Å²) in [6, 6.07) is -0.776. The maximum atomic E-state index is 11.4. The van der Waals surface area contributed by atoms with Crippen molar-refractivity contribution in [2.75, 3.05) is 32.7 Å². The number of nitrogens with two attached hydrogens (primary N) is 2. The number of piperazine rings is 1. The van der Waals surface area contributed by atoms with Gasteiger partial charge in [-0.15, -0.1) is 5.10 Å².